The van der Waals surface area contributed by atoms with E-state index in [2.05, 4.69) is 33.2 Å². The summed E-state index contributed by atoms with van der Waals surface area (Å²) in [6.07, 6.45) is 0. The second-order valence-corrected chi connectivity index (χ2v) is 5.14. The van der Waals surface area contributed by atoms with Gasteiger partial charge in [0, 0.05) is 11.1 Å². The number of hydrogen-bond acceptors (Lipinski definition) is 3. The van der Waals surface area contributed by atoms with Gasteiger partial charge in [-0.2, -0.15) is 11.8 Å². The molecule has 0 N–H and O–H groups in total. The average molecular weight is 238 g/mol. The molecule has 56 valence electrons. The standard InChI is InChI=1S/C6H8BrNS2/c1-2-9-3-5-4-10-6(7)8-5/h4H,2-3H2,1H3. The fourth-order valence-corrected chi connectivity index (χ4v) is 2.27. The van der Waals surface area contributed by atoms with E-state index in [1.807, 2.05) is 11.8 Å². The summed E-state index contributed by atoms with van der Waals surface area (Å²) in [7, 11) is 0. The van der Waals surface area contributed by atoms with E-state index in [1.165, 1.54) is 5.69 Å². The monoisotopic (exact) mass is 237 g/mol. The molecular formula is C6H8BrNS2. The topological polar surface area (TPSA) is 12.9 Å². The molecule has 0 fully saturated rings. The van der Waals surface area contributed by atoms with E-state index >= 15 is 0 Å². The number of nitrogens with zero attached hydrogens (tertiary/aromatic N) is 1. The Morgan fingerprint density at radius 2 is 2.60 bits per heavy atom. The molecule has 0 saturated carbocycles. The molecule has 0 aromatic carbocycles. The lowest BCUT2D eigenvalue weighted by Gasteiger charge is -1.90. The molecule has 0 amide bonds. The maximum Gasteiger partial charge on any atom is 0.159 e. The lowest BCUT2D eigenvalue weighted by atomic mass is 10.6. The molecule has 4 heteroatoms. The Hall–Kier alpha value is 0.460. The van der Waals surface area contributed by atoms with Crippen LogP contribution in [0.15, 0.2) is 9.30 Å². The summed E-state index contributed by atoms with van der Waals surface area (Å²) >= 11 is 6.87. The molecule has 0 radical (unpaired) electrons. The van der Waals surface area contributed by atoms with Gasteiger partial charge in [-0.15, -0.1) is 11.3 Å². The molecule has 0 spiro atoms. The van der Waals surface area contributed by atoms with Gasteiger partial charge >= 0.3 is 0 Å². The lowest BCUT2D eigenvalue weighted by Crippen LogP contribution is -1.78. The van der Waals surface area contributed by atoms with E-state index in [-0.39, 0.29) is 0 Å². The van der Waals surface area contributed by atoms with Gasteiger partial charge < -0.3 is 0 Å². The van der Waals surface area contributed by atoms with Crippen molar-refractivity contribution in [2.45, 2.75) is 12.7 Å². The van der Waals surface area contributed by atoms with Crippen molar-refractivity contribution < 1.29 is 0 Å². The van der Waals surface area contributed by atoms with Crippen molar-refractivity contribution in [3.63, 3.8) is 0 Å². The first kappa shape index (κ1) is 8.56. The fraction of sp³-hybridized carbons (Fsp3) is 0.500. The van der Waals surface area contributed by atoms with Gasteiger partial charge in [-0.1, -0.05) is 6.92 Å². The van der Waals surface area contributed by atoms with E-state index in [1.54, 1.807) is 11.3 Å². The van der Waals surface area contributed by atoms with Crippen LogP contribution in [0.2, 0.25) is 0 Å². The van der Waals surface area contributed by atoms with Gasteiger partial charge in [0.1, 0.15) is 0 Å². The molecule has 10 heavy (non-hydrogen) atoms. The minimum Gasteiger partial charge on any atom is -0.233 e. The molecule has 1 aromatic heterocycles. The Kier molecular flexibility index (Phi) is 3.73. The van der Waals surface area contributed by atoms with Gasteiger partial charge in [-0.25, -0.2) is 4.98 Å². The van der Waals surface area contributed by atoms with Gasteiger partial charge in [-0.3, -0.25) is 0 Å². The second-order valence-electron chi connectivity index (χ2n) is 1.73. The van der Waals surface area contributed by atoms with Crippen molar-refractivity contribution in [2.75, 3.05) is 5.75 Å². The summed E-state index contributed by atoms with van der Waals surface area (Å²) in [5, 5.41) is 2.09. The van der Waals surface area contributed by atoms with Crippen LogP contribution < -0.4 is 0 Å². The molecule has 1 rings (SSSR count). The summed E-state index contributed by atoms with van der Waals surface area (Å²) < 4.78 is 0.985. The predicted molar refractivity (Wildman–Crippen MR) is 51.7 cm³/mol. The van der Waals surface area contributed by atoms with Crippen LogP contribution in [-0.4, -0.2) is 10.7 Å². The Morgan fingerprint density at radius 3 is 3.10 bits per heavy atom. The first-order valence-electron chi connectivity index (χ1n) is 3.00. The molecule has 1 nitrogen and oxygen atoms in total. The van der Waals surface area contributed by atoms with Gasteiger partial charge in [0.15, 0.2) is 3.92 Å². The van der Waals surface area contributed by atoms with Crippen LogP contribution in [0.25, 0.3) is 0 Å². The van der Waals surface area contributed by atoms with Crippen LogP contribution in [0.1, 0.15) is 12.6 Å². The highest BCUT2D eigenvalue weighted by molar-refractivity contribution is 9.11. The Morgan fingerprint density at radius 1 is 1.80 bits per heavy atom. The highest BCUT2D eigenvalue weighted by Gasteiger charge is 1.96. The third-order valence-electron chi connectivity index (χ3n) is 0.978. The first-order valence-corrected chi connectivity index (χ1v) is 5.83. The van der Waals surface area contributed by atoms with Crippen LogP contribution in [0.3, 0.4) is 0 Å². The van der Waals surface area contributed by atoms with Crippen LogP contribution in [0.4, 0.5) is 0 Å². The van der Waals surface area contributed by atoms with E-state index in [0.717, 1.165) is 15.4 Å². The zero-order chi connectivity index (χ0) is 7.40. The van der Waals surface area contributed by atoms with Crippen LogP contribution >= 0.6 is 39.0 Å². The average Bonchev–Trinajstić information content (AvgIpc) is 2.31. The number of hydrogen-bond donors (Lipinski definition) is 0. The van der Waals surface area contributed by atoms with Crippen molar-refractivity contribution >= 4 is 39.0 Å². The van der Waals surface area contributed by atoms with Gasteiger partial charge in [-0.05, 0) is 21.7 Å². The zero-order valence-corrected chi connectivity index (χ0v) is 8.85. The van der Waals surface area contributed by atoms with Crippen LogP contribution in [0.5, 0.6) is 0 Å². The Labute approximate surface area is 77.4 Å². The van der Waals surface area contributed by atoms with Crippen molar-refractivity contribution in [1.29, 1.82) is 0 Å². The highest BCUT2D eigenvalue weighted by atomic mass is 79.9. The minimum absolute atomic E-state index is 0.985. The number of thiazole rings is 1. The molecule has 0 aliphatic heterocycles. The van der Waals surface area contributed by atoms with Crippen LogP contribution in [-0.2, 0) is 5.75 Å². The highest BCUT2D eigenvalue weighted by Crippen LogP contribution is 2.19. The SMILES string of the molecule is CCSCc1csc(Br)n1. The van der Waals surface area contributed by atoms with Crippen molar-refractivity contribution in [3.05, 3.63) is 15.0 Å². The lowest BCUT2D eigenvalue weighted by molar-refractivity contribution is 1.21. The zero-order valence-electron chi connectivity index (χ0n) is 5.63. The molecular weight excluding hydrogens is 230 g/mol. The largest absolute Gasteiger partial charge is 0.233 e. The number of halogens is 1. The molecule has 0 atom stereocenters. The second kappa shape index (κ2) is 4.36. The van der Waals surface area contributed by atoms with Crippen molar-refractivity contribution in [3.8, 4) is 0 Å². The Balaban J connectivity index is 2.42. The minimum atomic E-state index is 0.985. The summed E-state index contributed by atoms with van der Waals surface area (Å²) in [5.41, 5.74) is 1.18. The van der Waals surface area contributed by atoms with Crippen molar-refractivity contribution in [1.82, 2.24) is 4.98 Å². The molecule has 0 saturated heterocycles. The normalized spacial score (nSPS) is 10.2. The summed E-state index contributed by atoms with van der Waals surface area (Å²) in [4.78, 5) is 4.26. The van der Waals surface area contributed by atoms with Gasteiger partial charge in [0.05, 0.1) is 5.69 Å². The van der Waals surface area contributed by atoms with E-state index in [4.69, 9.17) is 0 Å². The maximum atomic E-state index is 4.26. The van der Waals surface area contributed by atoms with E-state index < -0.39 is 0 Å². The van der Waals surface area contributed by atoms with Gasteiger partial charge in [0.2, 0.25) is 0 Å². The summed E-state index contributed by atoms with van der Waals surface area (Å²) in [5.74, 6) is 2.20. The molecule has 0 unspecified atom stereocenters. The molecule has 1 aromatic rings. The molecule has 0 aliphatic carbocycles. The smallest absolute Gasteiger partial charge is 0.159 e. The van der Waals surface area contributed by atoms with Crippen molar-refractivity contribution in [2.24, 2.45) is 0 Å². The van der Waals surface area contributed by atoms with E-state index in [0.29, 0.717) is 0 Å². The van der Waals surface area contributed by atoms with Gasteiger partial charge in [0.25, 0.3) is 0 Å². The Bertz CT molecular complexity index is 199. The third-order valence-corrected chi connectivity index (χ3v) is 3.30. The predicted octanol–water partition coefficient (Wildman–Crippen LogP) is 3.16. The number of aromatic nitrogens is 1. The summed E-state index contributed by atoms with van der Waals surface area (Å²) in [6, 6.07) is 0. The first-order chi connectivity index (χ1) is 4.83. The number of thioether (sulfide) groups is 1. The van der Waals surface area contributed by atoms with E-state index in [9.17, 15) is 0 Å². The molecule has 1 heterocycles. The van der Waals surface area contributed by atoms with Crippen LogP contribution in [0, 0.1) is 0 Å². The molecule has 0 bridgehead atoms. The molecule has 0 aliphatic rings. The number of rotatable bonds is 3. The maximum absolute atomic E-state index is 4.26. The summed E-state index contributed by atoms with van der Waals surface area (Å²) in [6.45, 7) is 2.16. The quantitative estimate of drug-likeness (QED) is 0.802. The fourth-order valence-electron chi connectivity index (χ4n) is 0.555. The third kappa shape index (κ3) is 2.60.